The first-order valence-electron chi connectivity index (χ1n) is 12.9. The number of rotatable bonds is 11. The first kappa shape index (κ1) is 39.6. The van der Waals surface area contributed by atoms with Gasteiger partial charge in [0.05, 0.1) is 0 Å². The SMILES string of the molecule is CC.CC.CC.CC(C)C.CCCCCCCNC(=O)CCCCC(=O)C(C)(C)C. The van der Waals surface area contributed by atoms with Gasteiger partial charge in [-0.05, 0) is 25.2 Å². The predicted octanol–water partition coefficient (Wildman–Crippen LogP) is 8.99. The van der Waals surface area contributed by atoms with Crippen LogP contribution in [-0.2, 0) is 9.59 Å². The molecule has 0 rings (SSSR count). The maximum atomic E-state index is 11.7. The molecule has 0 saturated heterocycles. The Morgan fingerprint density at radius 3 is 1.50 bits per heavy atom. The van der Waals surface area contributed by atoms with Crippen molar-refractivity contribution in [2.75, 3.05) is 6.54 Å². The molecule has 0 aliphatic carbocycles. The van der Waals surface area contributed by atoms with Crippen LogP contribution in [0, 0.1) is 11.3 Å². The molecule has 0 unspecified atom stereocenters. The first-order valence-corrected chi connectivity index (χ1v) is 12.9. The summed E-state index contributed by atoms with van der Waals surface area (Å²) < 4.78 is 0. The lowest BCUT2D eigenvalue weighted by Gasteiger charge is -2.16. The molecule has 3 nitrogen and oxygen atoms in total. The number of carbonyl (C=O) groups is 2. The van der Waals surface area contributed by atoms with Crippen molar-refractivity contribution in [2.24, 2.45) is 11.3 Å². The summed E-state index contributed by atoms with van der Waals surface area (Å²) in [6.07, 6.45) is 8.85. The second kappa shape index (κ2) is 32.8. The maximum Gasteiger partial charge on any atom is 0.219 e. The molecule has 0 aromatic carbocycles. The number of nitrogens with one attached hydrogen (secondary N) is 1. The quantitative estimate of drug-likeness (QED) is 0.332. The number of hydrogen-bond acceptors (Lipinski definition) is 2. The van der Waals surface area contributed by atoms with Gasteiger partial charge in [-0.15, -0.1) is 0 Å². The van der Waals surface area contributed by atoms with Gasteiger partial charge in [0.25, 0.3) is 0 Å². The van der Waals surface area contributed by atoms with Crippen molar-refractivity contribution in [2.45, 2.75) is 148 Å². The normalized spacial score (nSPS) is 9.40. The van der Waals surface area contributed by atoms with E-state index in [9.17, 15) is 9.59 Å². The lowest BCUT2D eigenvalue weighted by molar-refractivity contribution is -0.126. The summed E-state index contributed by atoms with van der Waals surface area (Å²) in [5, 5.41) is 2.95. The number of hydrogen-bond donors (Lipinski definition) is 1. The fraction of sp³-hybridized carbons (Fsp3) is 0.926. The lowest BCUT2D eigenvalue weighted by atomic mass is 9.88. The van der Waals surface area contributed by atoms with Crippen molar-refractivity contribution >= 4 is 11.7 Å². The van der Waals surface area contributed by atoms with Crippen molar-refractivity contribution in [1.29, 1.82) is 0 Å². The van der Waals surface area contributed by atoms with E-state index in [2.05, 4.69) is 33.0 Å². The van der Waals surface area contributed by atoms with E-state index in [-0.39, 0.29) is 17.1 Å². The molecule has 0 aromatic rings. The Morgan fingerprint density at radius 1 is 0.700 bits per heavy atom. The summed E-state index contributed by atoms with van der Waals surface area (Å²) in [6, 6.07) is 0. The molecular formula is C27H61NO2. The minimum Gasteiger partial charge on any atom is -0.356 e. The molecule has 0 fully saturated rings. The number of carbonyl (C=O) groups excluding carboxylic acids is 2. The summed E-state index contributed by atoms with van der Waals surface area (Å²) in [4.78, 5) is 23.3. The van der Waals surface area contributed by atoms with Gasteiger partial charge >= 0.3 is 0 Å². The Kier molecular flexibility index (Phi) is 43.3. The summed E-state index contributed by atoms with van der Waals surface area (Å²) in [7, 11) is 0. The molecule has 1 N–H and O–H groups in total. The van der Waals surface area contributed by atoms with Gasteiger partial charge in [0.15, 0.2) is 0 Å². The van der Waals surface area contributed by atoms with E-state index in [1.807, 2.05) is 62.3 Å². The van der Waals surface area contributed by atoms with Crippen molar-refractivity contribution in [1.82, 2.24) is 5.32 Å². The largest absolute Gasteiger partial charge is 0.356 e. The molecule has 30 heavy (non-hydrogen) atoms. The van der Waals surface area contributed by atoms with E-state index < -0.39 is 0 Å². The van der Waals surface area contributed by atoms with Crippen molar-refractivity contribution in [3.05, 3.63) is 0 Å². The van der Waals surface area contributed by atoms with Crippen molar-refractivity contribution in [3.8, 4) is 0 Å². The molecule has 0 bridgehead atoms. The van der Waals surface area contributed by atoms with Crippen LogP contribution in [0.5, 0.6) is 0 Å². The molecule has 0 atom stereocenters. The number of amides is 1. The fourth-order valence-corrected chi connectivity index (χ4v) is 1.99. The third-order valence-corrected chi connectivity index (χ3v) is 3.50. The van der Waals surface area contributed by atoms with Crippen LogP contribution in [0.4, 0.5) is 0 Å². The molecular weight excluding hydrogens is 370 g/mol. The Balaban J connectivity index is -0.000000177. The molecule has 186 valence electrons. The van der Waals surface area contributed by atoms with Gasteiger partial charge in [0, 0.05) is 24.8 Å². The predicted molar refractivity (Wildman–Crippen MR) is 139 cm³/mol. The van der Waals surface area contributed by atoms with E-state index in [0.717, 1.165) is 31.7 Å². The van der Waals surface area contributed by atoms with E-state index in [0.29, 0.717) is 12.8 Å². The summed E-state index contributed by atoms with van der Waals surface area (Å²) in [5.74, 6) is 1.25. The average Bonchev–Trinajstić information content (AvgIpc) is 2.71. The minimum absolute atomic E-state index is 0.128. The van der Waals surface area contributed by atoms with E-state index >= 15 is 0 Å². The highest BCUT2D eigenvalue weighted by Crippen LogP contribution is 2.18. The van der Waals surface area contributed by atoms with Crippen LogP contribution in [0.15, 0.2) is 0 Å². The second-order valence-electron chi connectivity index (χ2n) is 8.38. The molecule has 0 aromatic heterocycles. The van der Waals surface area contributed by atoms with Crippen LogP contribution >= 0.6 is 0 Å². The lowest BCUT2D eigenvalue weighted by Crippen LogP contribution is -2.24. The molecule has 0 heterocycles. The Bertz CT molecular complexity index is 315. The highest BCUT2D eigenvalue weighted by atomic mass is 16.1. The third kappa shape index (κ3) is 45.7. The molecule has 0 aliphatic heterocycles. The van der Waals surface area contributed by atoms with Gasteiger partial charge in [0.2, 0.25) is 5.91 Å². The average molecular weight is 432 g/mol. The monoisotopic (exact) mass is 431 g/mol. The highest BCUT2D eigenvalue weighted by Gasteiger charge is 2.20. The molecule has 0 aliphatic rings. The number of unbranched alkanes of at least 4 members (excludes halogenated alkanes) is 5. The summed E-state index contributed by atoms with van der Waals surface area (Å²) >= 11 is 0. The van der Waals surface area contributed by atoms with Crippen molar-refractivity contribution < 1.29 is 9.59 Å². The molecule has 1 amide bonds. The van der Waals surface area contributed by atoms with Crippen LogP contribution in [-0.4, -0.2) is 18.2 Å². The van der Waals surface area contributed by atoms with Crippen LogP contribution in [0.25, 0.3) is 0 Å². The molecule has 3 heteroatoms. The van der Waals surface area contributed by atoms with Gasteiger partial charge < -0.3 is 5.32 Å². The summed E-state index contributed by atoms with van der Waals surface area (Å²) in [5.41, 5.74) is -0.249. The minimum atomic E-state index is -0.249. The van der Waals surface area contributed by atoms with Crippen LogP contribution in [0.2, 0.25) is 0 Å². The van der Waals surface area contributed by atoms with Crippen molar-refractivity contribution in [3.63, 3.8) is 0 Å². The van der Waals surface area contributed by atoms with Gasteiger partial charge in [-0.1, -0.05) is 116 Å². The summed E-state index contributed by atoms with van der Waals surface area (Å²) in [6.45, 7) is 27.3. The van der Waals surface area contributed by atoms with Gasteiger partial charge in [-0.3, -0.25) is 9.59 Å². The number of Topliss-reactive ketones (excluding diaryl/α,β-unsaturated/α-hetero) is 1. The number of ketones is 1. The van der Waals surface area contributed by atoms with E-state index in [1.54, 1.807) is 0 Å². The zero-order valence-electron chi connectivity index (χ0n) is 23.5. The zero-order chi connectivity index (χ0) is 25.0. The Morgan fingerprint density at radius 2 is 1.10 bits per heavy atom. The topological polar surface area (TPSA) is 46.2 Å². The highest BCUT2D eigenvalue weighted by molar-refractivity contribution is 5.83. The first-order chi connectivity index (χ1) is 14.1. The standard InChI is InChI=1S/C17H33NO2.C4H10.3C2H6/c1-5-6-7-8-11-14-18-16(20)13-10-9-12-15(19)17(2,3)4;1-4(2)3;3*1-2/h5-14H2,1-4H3,(H,18,20);4H,1-3H3;3*1-2H3. The van der Waals surface area contributed by atoms with Crippen LogP contribution in [0.1, 0.15) is 148 Å². The molecule has 0 saturated carbocycles. The Labute approximate surface area is 192 Å². The third-order valence-electron chi connectivity index (χ3n) is 3.50. The van der Waals surface area contributed by atoms with Crippen LogP contribution < -0.4 is 5.32 Å². The van der Waals surface area contributed by atoms with E-state index in [1.165, 1.54) is 25.7 Å². The van der Waals surface area contributed by atoms with Gasteiger partial charge in [0.1, 0.15) is 5.78 Å². The van der Waals surface area contributed by atoms with Crippen LogP contribution in [0.3, 0.4) is 0 Å². The van der Waals surface area contributed by atoms with Gasteiger partial charge in [-0.2, -0.15) is 0 Å². The van der Waals surface area contributed by atoms with E-state index in [4.69, 9.17) is 0 Å². The molecule has 0 radical (unpaired) electrons. The second-order valence-corrected chi connectivity index (χ2v) is 8.38. The Hall–Kier alpha value is -0.860. The fourth-order valence-electron chi connectivity index (χ4n) is 1.99. The maximum absolute atomic E-state index is 11.7. The smallest absolute Gasteiger partial charge is 0.219 e. The molecule has 0 spiro atoms. The zero-order valence-corrected chi connectivity index (χ0v) is 23.5. The van der Waals surface area contributed by atoms with Gasteiger partial charge in [-0.25, -0.2) is 0 Å².